The average molecular weight is 334 g/mol. The third-order valence-corrected chi connectivity index (χ3v) is 4.14. The Morgan fingerprint density at radius 3 is 2.73 bits per heavy atom. The summed E-state index contributed by atoms with van der Waals surface area (Å²) in [6, 6.07) is 8.22. The fourth-order valence-electron chi connectivity index (χ4n) is 2.05. The Morgan fingerprint density at radius 2 is 2.00 bits per heavy atom. The smallest absolute Gasteiger partial charge is 0.222 e. The van der Waals surface area contributed by atoms with E-state index in [9.17, 15) is 10.4 Å². The molecule has 2 aromatic heterocycles. The molecule has 6 nitrogen and oxygen atoms in total. The van der Waals surface area contributed by atoms with E-state index in [0.29, 0.717) is 17.0 Å². The number of nitrogens with one attached hydrogen (secondary N) is 1. The highest BCUT2D eigenvalue weighted by atomic mass is 35.5. The number of benzene rings is 1. The number of nitrogens with zero attached hydrogens (tertiary/aromatic N) is 3. The molecule has 2 heterocycles. The van der Waals surface area contributed by atoms with Gasteiger partial charge in [0.2, 0.25) is 5.28 Å². The lowest BCUT2D eigenvalue weighted by atomic mass is 10.1. The minimum absolute atomic E-state index is 0.106. The molecule has 3 rings (SSSR count). The van der Waals surface area contributed by atoms with E-state index in [1.165, 1.54) is 23.5 Å². The van der Waals surface area contributed by atoms with Gasteiger partial charge in [0.1, 0.15) is 5.69 Å². The van der Waals surface area contributed by atoms with Gasteiger partial charge < -0.3 is 15.6 Å². The quantitative estimate of drug-likeness (QED) is 0.588. The second-order valence-corrected chi connectivity index (χ2v) is 6.03. The molecule has 0 aliphatic carbocycles. The predicted molar refractivity (Wildman–Crippen MR) is 85.7 cm³/mol. The van der Waals surface area contributed by atoms with Crippen LogP contribution in [-0.4, -0.2) is 15.0 Å². The first-order chi connectivity index (χ1) is 10.5. The van der Waals surface area contributed by atoms with Crippen LogP contribution in [0.3, 0.4) is 0 Å². The lowest BCUT2D eigenvalue weighted by Crippen LogP contribution is -2.96. The maximum atomic E-state index is 11.0. The van der Waals surface area contributed by atoms with Crippen molar-refractivity contribution in [2.45, 2.75) is 6.92 Å². The molecule has 3 aromatic rings. The molecule has 22 heavy (non-hydrogen) atoms. The van der Waals surface area contributed by atoms with Crippen molar-refractivity contribution in [1.82, 2.24) is 15.0 Å². The normalized spacial score (nSPS) is 11.1. The molecule has 0 bridgehead atoms. The Balaban J connectivity index is 2.14. The fourth-order valence-corrected chi connectivity index (χ4v) is 3.11. The van der Waals surface area contributed by atoms with E-state index in [-0.39, 0.29) is 11.0 Å². The van der Waals surface area contributed by atoms with Crippen LogP contribution in [0.1, 0.15) is 5.01 Å². The van der Waals surface area contributed by atoms with E-state index in [0.717, 1.165) is 9.88 Å². The number of halogens is 1. The van der Waals surface area contributed by atoms with Gasteiger partial charge in [0.15, 0.2) is 0 Å². The monoisotopic (exact) mass is 333 g/mol. The van der Waals surface area contributed by atoms with Gasteiger partial charge in [-0.2, -0.15) is 0 Å². The van der Waals surface area contributed by atoms with Gasteiger partial charge in [-0.3, -0.25) is 0 Å². The van der Waals surface area contributed by atoms with E-state index >= 15 is 0 Å². The molecule has 0 unspecified atom stereocenters. The van der Waals surface area contributed by atoms with Gasteiger partial charge in [-0.1, -0.05) is 12.1 Å². The Kier molecular flexibility index (Phi) is 4.14. The highest BCUT2D eigenvalue weighted by Crippen LogP contribution is 2.36. The van der Waals surface area contributed by atoms with Crippen molar-refractivity contribution >= 4 is 28.6 Å². The highest BCUT2D eigenvalue weighted by molar-refractivity contribution is 7.15. The number of aromatic nitrogens is 3. The molecule has 0 atom stereocenters. The van der Waals surface area contributed by atoms with Crippen LogP contribution < -0.4 is 5.23 Å². The highest BCUT2D eigenvalue weighted by Gasteiger charge is 2.15. The first kappa shape index (κ1) is 15.0. The number of thiazole rings is 1. The molecule has 1 aromatic carbocycles. The molecule has 0 amide bonds. The number of quaternary nitrogens is 1. The average Bonchev–Trinajstić information content (AvgIpc) is 2.89. The standard InChI is InChI=1S/C14H10ClN4O2S/c1-8-17-12(9-3-2-4-10(7-9)19(20)21)13(22-8)11-5-6-16-14(15)18-11/h2-7,19H,1H3/q-1. The van der Waals surface area contributed by atoms with Crippen molar-refractivity contribution in [2.24, 2.45) is 0 Å². The minimum Gasteiger partial charge on any atom is -0.628 e. The maximum absolute atomic E-state index is 11.0. The molecule has 0 aliphatic heterocycles. The van der Waals surface area contributed by atoms with Crippen molar-refractivity contribution in [3.63, 3.8) is 0 Å². The first-order valence-corrected chi connectivity index (χ1v) is 7.52. The van der Waals surface area contributed by atoms with Crippen molar-refractivity contribution in [3.05, 3.63) is 57.2 Å². The van der Waals surface area contributed by atoms with Crippen LogP contribution in [0.4, 0.5) is 5.69 Å². The Bertz CT molecular complexity index is 822. The largest absolute Gasteiger partial charge is 0.628 e. The van der Waals surface area contributed by atoms with Gasteiger partial charge in [-0.15, -0.1) is 11.3 Å². The van der Waals surface area contributed by atoms with Crippen molar-refractivity contribution < 1.29 is 5.23 Å². The lowest BCUT2D eigenvalue weighted by molar-refractivity contribution is -0.715. The van der Waals surface area contributed by atoms with Crippen LogP contribution in [-0.2, 0) is 0 Å². The van der Waals surface area contributed by atoms with Gasteiger partial charge in [0.25, 0.3) is 0 Å². The van der Waals surface area contributed by atoms with Crippen LogP contribution in [0.2, 0.25) is 5.28 Å². The van der Waals surface area contributed by atoms with E-state index in [2.05, 4.69) is 15.0 Å². The third-order valence-electron chi connectivity index (χ3n) is 2.96. The predicted octanol–water partition coefficient (Wildman–Crippen LogP) is 2.74. The van der Waals surface area contributed by atoms with Gasteiger partial charge in [-0.25, -0.2) is 15.0 Å². The van der Waals surface area contributed by atoms with Crippen LogP contribution in [0.5, 0.6) is 0 Å². The molecule has 0 fully saturated rings. The third kappa shape index (κ3) is 2.99. The molecule has 0 aliphatic rings. The SMILES string of the molecule is Cc1nc(-c2cccc([NH+]([O-])[O-])c2)c(-c2ccnc(Cl)n2)s1. The van der Waals surface area contributed by atoms with Gasteiger partial charge in [0.05, 0.1) is 21.3 Å². The summed E-state index contributed by atoms with van der Waals surface area (Å²) < 4.78 is 0. The molecule has 0 saturated carbocycles. The van der Waals surface area contributed by atoms with Crippen molar-refractivity contribution in [2.75, 3.05) is 0 Å². The van der Waals surface area contributed by atoms with E-state index in [1.54, 1.807) is 24.4 Å². The van der Waals surface area contributed by atoms with Gasteiger partial charge in [-0.05, 0) is 30.7 Å². The van der Waals surface area contributed by atoms with Crippen LogP contribution in [0, 0.1) is 17.3 Å². The minimum atomic E-state index is -1.22. The summed E-state index contributed by atoms with van der Waals surface area (Å²) in [5.74, 6) is 0. The van der Waals surface area contributed by atoms with Crippen LogP contribution in [0.15, 0.2) is 36.5 Å². The maximum Gasteiger partial charge on any atom is 0.222 e. The summed E-state index contributed by atoms with van der Waals surface area (Å²) in [7, 11) is 0. The number of rotatable bonds is 3. The zero-order chi connectivity index (χ0) is 15.7. The summed E-state index contributed by atoms with van der Waals surface area (Å²) in [6.07, 6.45) is 1.57. The van der Waals surface area contributed by atoms with Crippen LogP contribution in [0.25, 0.3) is 21.8 Å². The van der Waals surface area contributed by atoms with Gasteiger partial charge >= 0.3 is 0 Å². The van der Waals surface area contributed by atoms with E-state index < -0.39 is 5.23 Å². The molecule has 8 heteroatoms. The second kappa shape index (κ2) is 6.07. The number of aryl methyl sites for hydroxylation is 1. The van der Waals surface area contributed by atoms with E-state index in [1.807, 2.05) is 6.92 Å². The molecule has 1 N–H and O–H groups in total. The van der Waals surface area contributed by atoms with Gasteiger partial charge in [0, 0.05) is 17.8 Å². The molecular weight excluding hydrogens is 324 g/mol. The van der Waals surface area contributed by atoms with Crippen LogP contribution >= 0.6 is 22.9 Å². The topological polar surface area (TPSA) is 89.2 Å². The first-order valence-electron chi connectivity index (χ1n) is 6.33. The second-order valence-electron chi connectivity index (χ2n) is 4.49. The number of hydrogen-bond acceptors (Lipinski definition) is 6. The summed E-state index contributed by atoms with van der Waals surface area (Å²) in [4.78, 5) is 13.4. The lowest BCUT2D eigenvalue weighted by Gasteiger charge is -2.24. The molecule has 112 valence electrons. The summed E-state index contributed by atoms with van der Waals surface area (Å²) in [5, 5.41) is 21.8. The summed E-state index contributed by atoms with van der Waals surface area (Å²) >= 11 is 7.30. The van der Waals surface area contributed by atoms with E-state index in [4.69, 9.17) is 11.6 Å². The Labute approximate surface area is 135 Å². The molecule has 0 saturated heterocycles. The molecule has 0 spiro atoms. The fraction of sp³-hybridized carbons (Fsp3) is 0.0714. The summed E-state index contributed by atoms with van der Waals surface area (Å²) in [5.41, 5.74) is 2.12. The zero-order valence-corrected chi connectivity index (χ0v) is 13.0. The Hall–Kier alpha value is -1.90. The number of hydrogen-bond donors (Lipinski definition) is 1. The Morgan fingerprint density at radius 1 is 1.18 bits per heavy atom. The molecular formula is C14H10ClN4O2S-. The molecule has 0 radical (unpaired) electrons. The zero-order valence-electron chi connectivity index (χ0n) is 11.4. The van der Waals surface area contributed by atoms with Crippen molar-refractivity contribution in [3.8, 4) is 21.8 Å². The van der Waals surface area contributed by atoms with Crippen molar-refractivity contribution in [1.29, 1.82) is 0 Å². The summed E-state index contributed by atoms with van der Waals surface area (Å²) in [6.45, 7) is 1.88.